The van der Waals surface area contributed by atoms with Crippen LogP contribution in [0.3, 0.4) is 0 Å². The van der Waals surface area contributed by atoms with E-state index in [1.807, 2.05) is 0 Å². The van der Waals surface area contributed by atoms with Gasteiger partial charge in [0.15, 0.2) is 0 Å². The Bertz CT molecular complexity index is 319. The number of hydrogen-bond donors (Lipinski definition) is 1. The number of amides is 1. The number of carbonyl (C=O) groups is 1. The number of carbonyl (C=O) groups excluding carboxylic acids is 1. The summed E-state index contributed by atoms with van der Waals surface area (Å²) in [5.41, 5.74) is 5.36. The van der Waals surface area contributed by atoms with Crippen LogP contribution >= 0.6 is 0 Å². The third-order valence-corrected chi connectivity index (χ3v) is 1.73. The molecule has 0 fully saturated rings. The molecule has 0 saturated carbocycles. The Morgan fingerprint density at radius 1 is 1.69 bits per heavy atom. The van der Waals surface area contributed by atoms with Crippen LogP contribution in [-0.2, 0) is 4.79 Å². The van der Waals surface area contributed by atoms with Crippen LogP contribution < -0.4 is 5.73 Å². The van der Waals surface area contributed by atoms with Crippen molar-refractivity contribution in [3.63, 3.8) is 0 Å². The van der Waals surface area contributed by atoms with Crippen molar-refractivity contribution in [3.05, 3.63) is 33.7 Å². The van der Waals surface area contributed by atoms with Crippen molar-refractivity contribution in [2.24, 2.45) is 5.73 Å². The third kappa shape index (κ3) is 1.84. The summed E-state index contributed by atoms with van der Waals surface area (Å²) >= 11 is 0. The zero-order valence-corrected chi connectivity index (χ0v) is 7.06. The second-order valence-corrected chi connectivity index (χ2v) is 2.69. The minimum atomic E-state index is -0.582. The minimum Gasteiger partial charge on any atom is -0.364 e. The van der Waals surface area contributed by atoms with Crippen LogP contribution in [0.2, 0.25) is 0 Å². The van der Waals surface area contributed by atoms with Gasteiger partial charge in [-0.25, -0.2) is 0 Å². The van der Waals surface area contributed by atoms with E-state index in [1.54, 1.807) is 7.05 Å². The first-order valence-corrected chi connectivity index (χ1v) is 3.58. The highest BCUT2D eigenvalue weighted by atomic mass is 16.6. The maximum absolute atomic E-state index is 10.8. The molecule has 0 unspecified atom stereocenters. The summed E-state index contributed by atoms with van der Waals surface area (Å²) in [4.78, 5) is 22.1. The average molecular weight is 183 g/mol. The molecule has 0 bridgehead atoms. The van der Waals surface area contributed by atoms with Crippen molar-refractivity contribution in [1.29, 1.82) is 0 Å². The molecule has 70 valence electrons. The molecule has 1 heterocycles. The van der Waals surface area contributed by atoms with Gasteiger partial charge in [-0.3, -0.25) is 14.9 Å². The monoisotopic (exact) mass is 183 g/mol. The molecule has 0 saturated heterocycles. The highest BCUT2D eigenvalue weighted by Crippen LogP contribution is 2.12. The predicted molar refractivity (Wildman–Crippen MR) is 45.0 cm³/mol. The molecule has 0 aromatic carbocycles. The van der Waals surface area contributed by atoms with E-state index in [0.717, 1.165) is 0 Å². The highest BCUT2D eigenvalue weighted by Gasteiger charge is 2.21. The molecule has 1 rings (SSSR count). The van der Waals surface area contributed by atoms with Crippen molar-refractivity contribution in [2.45, 2.75) is 0 Å². The summed E-state index contributed by atoms with van der Waals surface area (Å²) in [6, 6.07) is 0. The summed E-state index contributed by atoms with van der Waals surface area (Å²) in [6.07, 6.45) is 2.64. The normalized spacial score (nSPS) is 16.2. The lowest BCUT2D eigenvalue weighted by Gasteiger charge is -2.20. The molecule has 0 aliphatic carbocycles. The van der Waals surface area contributed by atoms with Gasteiger partial charge in [-0.1, -0.05) is 0 Å². The lowest BCUT2D eigenvalue weighted by molar-refractivity contribution is -0.427. The second-order valence-electron chi connectivity index (χ2n) is 2.69. The SMILES string of the molecule is CN1CC([N+](=O)[O-])=CC=C1C(N)=O. The molecule has 1 aliphatic heterocycles. The number of hydrogen-bond acceptors (Lipinski definition) is 4. The molecule has 2 N–H and O–H groups in total. The predicted octanol–water partition coefficient (Wildman–Crippen LogP) is -0.538. The molecule has 6 nitrogen and oxygen atoms in total. The van der Waals surface area contributed by atoms with E-state index in [1.165, 1.54) is 17.1 Å². The maximum Gasteiger partial charge on any atom is 0.265 e. The van der Waals surface area contributed by atoms with Crippen LogP contribution in [0.5, 0.6) is 0 Å². The van der Waals surface area contributed by atoms with Crippen LogP contribution in [0.1, 0.15) is 0 Å². The fourth-order valence-corrected chi connectivity index (χ4v) is 1.07. The Kier molecular flexibility index (Phi) is 2.32. The van der Waals surface area contributed by atoms with Crippen molar-refractivity contribution in [1.82, 2.24) is 4.90 Å². The first kappa shape index (κ1) is 9.24. The number of allylic oxidation sites excluding steroid dienone is 2. The van der Waals surface area contributed by atoms with Gasteiger partial charge < -0.3 is 10.6 Å². The van der Waals surface area contributed by atoms with Gasteiger partial charge in [-0.15, -0.1) is 0 Å². The minimum absolute atomic E-state index is 0.0486. The van der Waals surface area contributed by atoms with Crippen LogP contribution in [-0.4, -0.2) is 29.3 Å². The van der Waals surface area contributed by atoms with Gasteiger partial charge in [0, 0.05) is 13.1 Å². The first-order valence-electron chi connectivity index (χ1n) is 3.58. The fourth-order valence-electron chi connectivity index (χ4n) is 1.07. The average Bonchev–Trinajstić information content (AvgIpc) is 2.03. The van der Waals surface area contributed by atoms with Crippen LogP contribution in [0.15, 0.2) is 23.5 Å². The topological polar surface area (TPSA) is 89.5 Å². The quantitative estimate of drug-likeness (QED) is 0.460. The third-order valence-electron chi connectivity index (χ3n) is 1.73. The van der Waals surface area contributed by atoms with Crippen LogP contribution in [0, 0.1) is 10.1 Å². The van der Waals surface area contributed by atoms with Gasteiger partial charge in [0.1, 0.15) is 12.2 Å². The van der Waals surface area contributed by atoms with Gasteiger partial charge in [0.05, 0.1) is 4.92 Å². The zero-order valence-electron chi connectivity index (χ0n) is 7.06. The molecule has 1 aliphatic rings. The van der Waals surface area contributed by atoms with Crippen molar-refractivity contribution in [2.75, 3.05) is 13.6 Å². The van der Waals surface area contributed by atoms with E-state index < -0.39 is 10.8 Å². The smallest absolute Gasteiger partial charge is 0.265 e. The Morgan fingerprint density at radius 2 is 2.31 bits per heavy atom. The van der Waals surface area contributed by atoms with Crippen molar-refractivity contribution >= 4 is 5.91 Å². The maximum atomic E-state index is 10.8. The van der Waals surface area contributed by atoms with Crippen molar-refractivity contribution < 1.29 is 9.72 Å². The van der Waals surface area contributed by atoms with Gasteiger partial charge in [0.2, 0.25) is 0 Å². The van der Waals surface area contributed by atoms with Gasteiger partial charge in [0.25, 0.3) is 11.6 Å². The second kappa shape index (κ2) is 3.26. The standard InChI is InChI=1S/C7H9N3O3/c1-9-4-5(10(12)13)2-3-6(9)7(8)11/h2-3H,4H2,1H3,(H2,8,11). The van der Waals surface area contributed by atoms with E-state index >= 15 is 0 Å². The Labute approximate surface area is 74.5 Å². The van der Waals surface area contributed by atoms with Gasteiger partial charge in [-0.2, -0.15) is 0 Å². The number of nitrogens with zero attached hydrogens (tertiary/aromatic N) is 2. The summed E-state index contributed by atoms with van der Waals surface area (Å²) < 4.78 is 0. The summed E-state index contributed by atoms with van der Waals surface area (Å²) in [7, 11) is 1.58. The summed E-state index contributed by atoms with van der Waals surface area (Å²) in [5.74, 6) is -0.582. The van der Waals surface area contributed by atoms with Crippen LogP contribution in [0.25, 0.3) is 0 Å². The molecule has 1 amide bonds. The summed E-state index contributed by atoms with van der Waals surface area (Å²) in [6.45, 7) is 0.0990. The Balaban J connectivity index is 2.93. The molecule has 0 atom stereocenters. The van der Waals surface area contributed by atoms with E-state index in [9.17, 15) is 14.9 Å². The molecule has 6 heteroatoms. The molecular formula is C7H9N3O3. The number of likely N-dealkylation sites (N-methyl/N-ethyl adjacent to an activating group) is 1. The largest absolute Gasteiger partial charge is 0.364 e. The molecule has 0 spiro atoms. The van der Waals surface area contributed by atoms with Gasteiger partial charge >= 0.3 is 0 Å². The molecule has 0 aromatic rings. The lowest BCUT2D eigenvalue weighted by Crippen LogP contribution is -2.33. The highest BCUT2D eigenvalue weighted by molar-refractivity contribution is 5.91. The van der Waals surface area contributed by atoms with E-state index in [4.69, 9.17) is 5.73 Å². The number of nitrogens with two attached hydrogens (primary N) is 1. The molecule has 13 heavy (non-hydrogen) atoms. The van der Waals surface area contributed by atoms with Crippen molar-refractivity contribution in [3.8, 4) is 0 Å². The van der Waals surface area contributed by atoms with Crippen LogP contribution in [0.4, 0.5) is 0 Å². The number of primary amides is 1. The van der Waals surface area contributed by atoms with E-state index in [0.29, 0.717) is 0 Å². The van der Waals surface area contributed by atoms with E-state index in [-0.39, 0.29) is 17.9 Å². The zero-order chi connectivity index (χ0) is 10.0. The number of nitro groups is 1. The Morgan fingerprint density at radius 3 is 2.69 bits per heavy atom. The molecular weight excluding hydrogens is 174 g/mol. The first-order chi connectivity index (χ1) is 6.02. The van der Waals surface area contributed by atoms with Gasteiger partial charge in [-0.05, 0) is 6.08 Å². The number of rotatable bonds is 2. The fraction of sp³-hybridized carbons (Fsp3) is 0.286. The lowest BCUT2D eigenvalue weighted by atomic mass is 10.2. The molecule has 0 radical (unpaired) electrons. The molecule has 0 aromatic heterocycles. The van der Waals surface area contributed by atoms with E-state index in [2.05, 4.69) is 0 Å². The Hall–Kier alpha value is -1.85. The summed E-state index contributed by atoms with van der Waals surface area (Å²) in [5, 5.41) is 10.3.